The fourth-order valence-corrected chi connectivity index (χ4v) is 4.41. The zero-order chi connectivity index (χ0) is 21.6. The van der Waals surface area contributed by atoms with Crippen molar-refractivity contribution in [1.29, 1.82) is 0 Å². The summed E-state index contributed by atoms with van der Waals surface area (Å²) in [6, 6.07) is 6.43. The number of benzene rings is 1. The minimum Gasteiger partial charge on any atom is -0.352 e. The van der Waals surface area contributed by atoms with E-state index in [2.05, 4.69) is 15.6 Å². The van der Waals surface area contributed by atoms with Gasteiger partial charge in [-0.1, -0.05) is 12.8 Å². The highest BCUT2D eigenvalue weighted by molar-refractivity contribution is 7.89. The third-order valence-electron chi connectivity index (χ3n) is 5.61. The maximum Gasteiger partial charge on any atom is 0.238 e. The second kappa shape index (κ2) is 10.2. The lowest BCUT2D eigenvalue weighted by molar-refractivity contribution is -0.127. The predicted molar refractivity (Wildman–Crippen MR) is 118 cm³/mol. The highest BCUT2D eigenvalue weighted by Gasteiger charge is 2.23. The van der Waals surface area contributed by atoms with E-state index in [4.69, 9.17) is 10.9 Å². The molecule has 2 atom stereocenters. The Hall–Kier alpha value is -2.17. The van der Waals surface area contributed by atoms with E-state index in [-0.39, 0.29) is 22.9 Å². The maximum absolute atomic E-state index is 11.7. The number of rotatable bonds is 7. The molecule has 0 aromatic heterocycles. The Morgan fingerprint density at radius 1 is 1.17 bits per heavy atom. The van der Waals surface area contributed by atoms with Crippen molar-refractivity contribution in [1.82, 2.24) is 10.2 Å². The Morgan fingerprint density at radius 3 is 2.53 bits per heavy atom. The molecular weight excluding hydrogens is 404 g/mol. The van der Waals surface area contributed by atoms with Crippen LogP contribution in [0.4, 0.5) is 5.69 Å². The first kappa shape index (κ1) is 22.5. The molecule has 0 bridgehead atoms. The molecule has 0 spiro atoms. The standard InChI is InChI=1S/C20H32N6O3S/c21-17-5-1-2-6-18(17)25-20(23-12-4-14-26-13-3-7-19(26)27)24-15-8-10-16(11-9-15)30(22,28)29/h8-11,17-18H,1-7,12-14,21H2,(H2,22,28,29)(H2,23,24,25)/t17-,18-/m0/s1. The van der Waals surface area contributed by atoms with E-state index in [1.807, 2.05) is 4.90 Å². The molecule has 1 amide bonds. The highest BCUT2D eigenvalue weighted by atomic mass is 32.2. The molecule has 10 heteroatoms. The number of nitrogens with zero attached hydrogens (tertiary/aromatic N) is 2. The quantitative estimate of drug-likeness (QED) is 0.285. The van der Waals surface area contributed by atoms with E-state index in [1.165, 1.54) is 12.1 Å². The zero-order valence-electron chi connectivity index (χ0n) is 17.2. The fourth-order valence-electron chi connectivity index (χ4n) is 3.89. The smallest absolute Gasteiger partial charge is 0.238 e. The first-order chi connectivity index (χ1) is 14.3. The Morgan fingerprint density at radius 2 is 1.90 bits per heavy atom. The number of likely N-dealkylation sites (tertiary alicyclic amines) is 1. The first-order valence-corrected chi connectivity index (χ1v) is 12.1. The Bertz CT molecular complexity index is 856. The Labute approximate surface area is 178 Å². The van der Waals surface area contributed by atoms with Gasteiger partial charge in [-0.05, 0) is 49.9 Å². The van der Waals surface area contributed by atoms with E-state index < -0.39 is 10.0 Å². The van der Waals surface area contributed by atoms with Gasteiger partial charge in [-0.2, -0.15) is 0 Å². The van der Waals surface area contributed by atoms with Crippen molar-refractivity contribution in [2.45, 2.75) is 61.9 Å². The minimum atomic E-state index is -3.73. The highest BCUT2D eigenvalue weighted by Crippen LogP contribution is 2.18. The summed E-state index contributed by atoms with van der Waals surface area (Å²) >= 11 is 0. The van der Waals surface area contributed by atoms with Gasteiger partial charge in [-0.25, -0.2) is 13.6 Å². The molecule has 2 fully saturated rings. The molecule has 1 saturated carbocycles. The van der Waals surface area contributed by atoms with Crippen molar-refractivity contribution < 1.29 is 13.2 Å². The van der Waals surface area contributed by atoms with Gasteiger partial charge in [0.15, 0.2) is 5.96 Å². The van der Waals surface area contributed by atoms with Crippen LogP contribution < -0.4 is 21.5 Å². The lowest BCUT2D eigenvalue weighted by atomic mass is 9.91. The van der Waals surface area contributed by atoms with Crippen LogP contribution in [-0.2, 0) is 14.8 Å². The van der Waals surface area contributed by atoms with E-state index in [0.717, 1.165) is 45.1 Å². The molecule has 1 heterocycles. The van der Waals surface area contributed by atoms with Gasteiger partial charge in [-0.3, -0.25) is 9.79 Å². The molecule has 166 valence electrons. The van der Waals surface area contributed by atoms with Gasteiger partial charge in [-0.15, -0.1) is 0 Å². The Kier molecular flexibility index (Phi) is 7.68. The third kappa shape index (κ3) is 6.41. The number of hydrogen-bond donors (Lipinski definition) is 4. The predicted octanol–water partition coefficient (Wildman–Crippen LogP) is 0.974. The van der Waals surface area contributed by atoms with Crippen LogP contribution in [0.5, 0.6) is 0 Å². The van der Waals surface area contributed by atoms with Gasteiger partial charge >= 0.3 is 0 Å². The molecule has 2 aliphatic rings. The zero-order valence-corrected chi connectivity index (χ0v) is 18.0. The molecule has 3 rings (SSSR count). The third-order valence-corrected chi connectivity index (χ3v) is 6.54. The van der Waals surface area contributed by atoms with Crippen molar-refractivity contribution in [2.75, 3.05) is 25.0 Å². The molecule has 1 aromatic rings. The number of nitrogens with one attached hydrogen (secondary N) is 2. The molecule has 6 N–H and O–H groups in total. The van der Waals surface area contributed by atoms with E-state index in [0.29, 0.717) is 31.2 Å². The number of sulfonamides is 1. The first-order valence-electron chi connectivity index (χ1n) is 10.6. The van der Waals surface area contributed by atoms with E-state index in [9.17, 15) is 13.2 Å². The second-order valence-electron chi connectivity index (χ2n) is 7.96. The summed E-state index contributed by atoms with van der Waals surface area (Å²) in [7, 11) is -3.73. The number of carbonyl (C=O) groups is 1. The van der Waals surface area contributed by atoms with Crippen molar-refractivity contribution in [3.8, 4) is 0 Å². The average Bonchev–Trinajstić information content (AvgIpc) is 3.11. The van der Waals surface area contributed by atoms with Crippen LogP contribution in [0, 0.1) is 0 Å². The SMILES string of the molecule is N[C@H]1CCCC[C@@H]1NC(=NCCCN1CCCC1=O)Nc1ccc(S(N)(=O)=O)cc1. The number of anilines is 1. The maximum atomic E-state index is 11.7. The molecule has 1 aromatic carbocycles. The summed E-state index contributed by atoms with van der Waals surface area (Å²) in [4.78, 5) is 18.4. The van der Waals surface area contributed by atoms with E-state index >= 15 is 0 Å². The molecule has 30 heavy (non-hydrogen) atoms. The fraction of sp³-hybridized carbons (Fsp3) is 0.600. The van der Waals surface area contributed by atoms with E-state index in [1.54, 1.807) is 12.1 Å². The molecular formula is C20H32N6O3S. The number of nitrogens with two attached hydrogens (primary N) is 2. The summed E-state index contributed by atoms with van der Waals surface area (Å²) in [5, 5.41) is 11.8. The largest absolute Gasteiger partial charge is 0.352 e. The van der Waals surface area contributed by atoms with Crippen molar-refractivity contribution in [2.24, 2.45) is 15.9 Å². The molecule has 0 unspecified atom stereocenters. The topological polar surface area (TPSA) is 143 Å². The number of primary sulfonamides is 1. The monoisotopic (exact) mass is 436 g/mol. The summed E-state index contributed by atoms with van der Waals surface area (Å²) in [5.74, 6) is 0.826. The Balaban J connectivity index is 1.64. The van der Waals surface area contributed by atoms with Gasteiger partial charge in [0.05, 0.1) is 4.90 Å². The number of aliphatic imine (C=N–C) groups is 1. The molecule has 9 nitrogen and oxygen atoms in total. The van der Waals surface area contributed by atoms with Crippen LogP contribution in [0.15, 0.2) is 34.2 Å². The summed E-state index contributed by atoms with van der Waals surface area (Å²) < 4.78 is 22.9. The number of hydrogen-bond acceptors (Lipinski definition) is 5. The minimum absolute atomic E-state index is 0.0593. The molecule has 1 aliphatic carbocycles. The van der Waals surface area contributed by atoms with Crippen LogP contribution in [0.25, 0.3) is 0 Å². The number of amides is 1. The van der Waals surface area contributed by atoms with Crippen molar-refractivity contribution in [3.63, 3.8) is 0 Å². The van der Waals surface area contributed by atoms with Gasteiger partial charge in [0.1, 0.15) is 0 Å². The average molecular weight is 437 g/mol. The van der Waals surface area contributed by atoms with Gasteiger partial charge in [0.2, 0.25) is 15.9 Å². The lowest BCUT2D eigenvalue weighted by Crippen LogP contribution is -2.51. The molecule has 1 saturated heterocycles. The van der Waals surface area contributed by atoms with Crippen molar-refractivity contribution >= 4 is 27.6 Å². The van der Waals surface area contributed by atoms with Gasteiger partial charge in [0, 0.05) is 43.8 Å². The number of guanidine groups is 1. The summed E-state index contributed by atoms with van der Waals surface area (Å²) in [5.41, 5.74) is 6.97. The van der Waals surface area contributed by atoms with Gasteiger partial charge in [0.25, 0.3) is 0 Å². The normalized spacial score (nSPS) is 22.9. The van der Waals surface area contributed by atoms with Crippen LogP contribution in [-0.4, -0.2) is 56.9 Å². The van der Waals surface area contributed by atoms with Crippen LogP contribution in [0.3, 0.4) is 0 Å². The number of carbonyl (C=O) groups excluding carboxylic acids is 1. The van der Waals surface area contributed by atoms with Crippen LogP contribution in [0.2, 0.25) is 0 Å². The van der Waals surface area contributed by atoms with Crippen molar-refractivity contribution in [3.05, 3.63) is 24.3 Å². The molecule has 0 radical (unpaired) electrons. The van der Waals surface area contributed by atoms with Gasteiger partial charge < -0.3 is 21.3 Å². The summed E-state index contributed by atoms with van der Waals surface area (Å²) in [6.45, 7) is 2.11. The molecule has 1 aliphatic heterocycles. The van der Waals surface area contributed by atoms with Crippen LogP contribution in [0.1, 0.15) is 44.9 Å². The second-order valence-corrected chi connectivity index (χ2v) is 9.52. The van der Waals surface area contributed by atoms with Crippen LogP contribution >= 0.6 is 0 Å². The summed E-state index contributed by atoms with van der Waals surface area (Å²) in [6.07, 6.45) is 6.58. The lowest BCUT2D eigenvalue weighted by Gasteiger charge is -2.30.